The molecule has 3 atom stereocenters. The second-order valence-corrected chi connectivity index (χ2v) is 11.9. The van der Waals surface area contributed by atoms with Crippen molar-refractivity contribution in [2.75, 3.05) is 13.2 Å². The smallest absolute Gasteiger partial charge is 0.162 e. The molecule has 1 saturated heterocycles. The van der Waals surface area contributed by atoms with Crippen molar-refractivity contribution in [3.8, 4) is 0 Å². The van der Waals surface area contributed by atoms with Gasteiger partial charge < -0.3 is 24.5 Å². The summed E-state index contributed by atoms with van der Waals surface area (Å²) in [5.41, 5.74) is 2.08. The van der Waals surface area contributed by atoms with Crippen LogP contribution < -0.4 is 0 Å². The summed E-state index contributed by atoms with van der Waals surface area (Å²) in [5.74, 6) is 0.726. The first kappa shape index (κ1) is 33.0. The maximum atomic E-state index is 9.97. The first-order chi connectivity index (χ1) is 17.3. The predicted octanol–water partition coefficient (Wildman–Crippen LogP) is 6.10. The van der Waals surface area contributed by atoms with Crippen LogP contribution in [-0.4, -0.2) is 48.2 Å². The van der Waals surface area contributed by atoms with Crippen LogP contribution in [0.15, 0.2) is 60.7 Å². The highest BCUT2D eigenvalue weighted by molar-refractivity contribution is 5.54. The summed E-state index contributed by atoms with van der Waals surface area (Å²) >= 11 is 0. The molecule has 0 bridgehead atoms. The molecule has 1 aliphatic rings. The van der Waals surface area contributed by atoms with Crippen molar-refractivity contribution in [3.63, 3.8) is 0 Å². The Morgan fingerprint density at radius 3 is 1.89 bits per heavy atom. The third-order valence-electron chi connectivity index (χ3n) is 6.56. The van der Waals surface area contributed by atoms with E-state index in [1.807, 2.05) is 64.1 Å². The van der Waals surface area contributed by atoms with Gasteiger partial charge in [-0.25, -0.2) is 0 Å². The molecule has 0 spiro atoms. The van der Waals surface area contributed by atoms with Gasteiger partial charge >= 0.3 is 0 Å². The number of carbonyl (C=O) groups excluding carboxylic acids is 1. The Kier molecular flexibility index (Phi) is 14.3. The van der Waals surface area contributed by atoms with Gasteiger partial charge in [0, 0.05) is 23.7 Å². The van der Waals surface area contributed by atoms with Gasteiger partial charge in [0.25, 0.3) is 0 Å². The van der Waals surface area contributed by atoms with E-state index in [2.05, 4.69) is 52.0 Å². The van der Waals surface area contributed by atoms with Crippen molar-refractivity contribution in [1.29, 1.82) is 0 Å². The summed E-state index contributed by atoms with van der Waals surface area (Å²) < 4.78 is 12.0. The molecule has 0 aliphatic carbocycles. The average molecular weight is 515 g/mol. The van der Waals surface area contributed by atoms with Gasteiger partial charge in [-0.2, -0.15) is 0 Å². The molecule has 208 valence electrons. The molecular weight excluding hydrogens is 464 g/mol. The second kappa shape index (κ2) is 16.0. The number of carbonyl (C=O) groups is 1. The molecule has 1 fully saturated rings. The number of benzene rings is 2. The van der Waals surface area contributed by atoms with Crippen LogP contribution in [0.5, 0.6) is 0 Å². The van der Waals surface area contributed by atoms with E-state index in [0.717, 1.165) is 24.9 Å². The number of rotatable bonds is 8. The van der Waals surface area contributed by atoms with Crippen LogP contribution in [-0.2, 0) is 27.1 Å². The summed E-state index contributed by atoms with van der Waals surface area (Å²) in [6.07, 6.45) is 2.02. The van der Waals surface area contributed by atoms with E-state index in [-0.39, 0.29) is 35.7 Å². The highest BCUT2D eigenvalue weighted by Gasteiger charge is 2.39. The molecule has 1 aliphatic heterocycles. The Balaban J connectivity index is 0.000000306. The maximum absolute atomic E-state index is 9.97. The molecule has 0 aromatic heterocycles. The highest BCUT2D eigenvalue weighted by atomic mass is 16.7. The fourth-order valence-electron chi connectivity index (χ4n) is 4.46. The minimum Gasteiger partial charge on any atom is -0.396 e. The number of hydrogen-bond donors (Lipinski definition) is 2. The quantitative estimate of drug-likeness (QED) is 0.416. The molecule has 0 saturated carbocycles. The third-order valence-corrected chi connectivity index (χ3v) is 6.56. The van der Waals surface area contributed by atoms with Crippen LogP contribution in [0.4, 0.5) is 0 Å². The van der Waals surface area contributed by atoms with Crippen LogP contribution in [0.1, 0.15) is 66.5 Å². The zero-order valence-corrected chi connectivity index (χ0v) is 24.2. The summed E-state index contributed by atoms with van der Waals surface area (Å²) in [4.78, 5) is 9.97. The Morgan fingerprint density at radius 2 is 1.49 bits per heavy atom. The van der Waals surface area contributed by atoms with E-state index in [0.29, 0.717) is 12.3 Å². The zero-order valence-electron chi connectivity index (χ0n) is 24.2. The normalized spacial score (nSPS) is 19.8. The van der Waals surface area contributed by atoms with Crippen molar-refractivity contribution >= 4 is 6.29 Å². The molecule has 2 N–H and O–H groups in total. The largest absolute Gasteiger partial charge is 0.396 e. The number of hydrogen-bond acceptors (Lipinski definition) is 5. The molecule has 5 nitrogen and oxygen atoms in total. The highest BCUT2D eigenvalue weighted by Crippen LogP contribution is 2.35. The summed E-state index contributed by atoms with van der Waals surface area (Å²) in [6.45, 7) is 17.3. The predicted molar refractivity (Wildman–Crippen MR) is 151 cm³/mol. The molecule has 3 rings (SSSR count). The van der Waals surface area contributed by atoms with Gasteiger partial charge in [0.2, 0.25) is 0 Å². The van der Waals surface area contributed by atoms with Gasteiger partial charge in [-0.1, -0.05) is 116 Å². The topological polar surface area (TPSA) is 76.0 Å². The summed E-state index contributed by atoms with van der Waals surface area (Å²) in [6, 6.07) is 20.1. The van der Waals surface area contributed by atoms with E-state index in [1.54, 1.807) is 0 Å². The maximum Gasteiger partial charge on any atom is 0.162 e. The lowest BCUT2D eigenvalue weighted by Crippen LogP contribution is -2.48. The third kappa shape index (κ3) is 11.9. The molecule has 5 heteroatoms. The molecule has 3 unspecified atom stereocenters. The number of aldehydes is 1. The fraction of sp³-hybridized carbons (Fsp3) is 0.594. The van der Waals surface area contributed by atoms with Crippen molar-refractivity contribution in [2.45, 2.75) is 86.7 Å². The van der Waals surface area contributed by atoms with Crippen molar-refractivity contribution in [3.05, 3.63) is 71.8 Å². The number of ether oxygens (including phenoxy) is 2. The Morgan fingerprint density at radius 1 is 0.973 bits per heavy atom. The Hall–Kier alpha value is -2.05. The lowest BCUT2D eigenvalue weighted by atomic mass is 9.80. The van der Waals surface area contributed by atoms with Crippen LogP contribution in [0, 0.1) is 22.7 Å². The van der Waals surface area contributed by atoms with E-state index < -0.39 is 6.10 Å². The molecule has 37 heavy (non-hydrogen) atoms. The van der Waals surface area contributed by atoms with E-state index in [9.17, 15) is 9.90 Å². The van der Waals surface area contributed by atoms with Gasteiger partial charge in [-0.15, -0.1) is 0 Å². The minimum absolute atomic E-state index is 0.0341. The van der Waals surface area contributed by atoms with Gasteiger partial charge in [-0.05, 0) is 23.0 Å². The summed E-state index contributed by atoms with van der Waals surface area (Å²) in [7, 11) is 0. The van der Waals surface area contributed by atoms with Gasteiger partial charge in [0.15, 0.2) is 6.29 Å². The van der Waals surface area contributed by atoms with Crippen LogP contribution in [0.25, 0.3) is 0 Å². The first-order valence-corrected chi connectivity index (χ1v) is 13.4. The number of aliphatic hydroxyl groups excluding tert-OH is 2. The Labute approximate surface area is 225 Å². The van der Waals surface area contributed by atoms with Crippen molar-refractivity contribution in [1.82, 2.24) is 0 Å². The first-order valence-electron chi connectivity index (χ1n) is 13.4. The minimum atomic E-state index is -0.419. The van der Waals surface area contributed by atoms with E-state index >= 15 is 0 Å². The molecular formula is C32H50O5. The van der Waals surface area contributed by atoms with Gasteiger partial charge in [0.1, 0.15) is 6.29 Å². The molecule has 2 aromatic rings. The monoisotopic (exact) mass is 514 g/mol. The van der Waals surface area contributed by atoms with Gasteiger partial charge in [0.05, 0.1) is 25.4 Å². The van der Waals surface area contributed by atoms with Crippen LogP contribution in [0.2, 0.25) is 0 Å². The SMILES string of the molecule is CC(C)C(O)C(C)(C)CO.CC(C)C1OC(Cc2ccccc2)OCC1(C)C.O=CCc1ccccc1. The zero-order chi connectivity index (χ0) is 28.1. The standard InChI is InChI=1S/C16H24O2.C8H18O2.C8H8O/c1-12(2)15-16(3,4)11-17-14(18-15)10-13-8-6-5-7-9-13;1-6(2)7(10)8(3,4)5-9;9-7-6-8-4-2-1-3-5-8/h5-9,12,14-15H,10-11H2,1-4H3;6-7,9-10H,5H2,1-4H3;1-5,7H,6H2. The fourth-order valence-corrected chi connectivity index (χ4v) is 4.46. The van der Waals surface area contributed by atoms with Crippen molar-refractivity contribution in [2.24, 2.45) is 22.7 Å². The Bertz CT molecular complexity index is 861. The van der Waals surface area contributed by atoms with Crippen LogP contribution >= 0.6 is 0 Å². The van der Waals surface area contributed by atoms with E-state index in [1.165, 1.54) is 5.56 Å². The molecule has 0 radical (unpaired) electrons. The molecule has 0 amide bonds. The lowest BCUT2D eigenvalue weighted by molar-refractivity contribution is -0.268. The van der Waals surface area contributed by atoms with Crippen molar-refractivity contribution < 1.29 is 24.5 Å². The molecule has 2 aromatic carbocycles. The molecule has 1 heterocycles. The summed E-state index contributed by atoms with van der Waals surface area (Å²) in [5, 5.41) is 18.3. The van der Waals surface area contributed by atoms with E-state index in [4.69, 9.17) is 14.6 Å². The average Bonchev–Trinajstić information content (AvgIpc) is 2.86. The van der Waals surface area contributed by atoms with Gasteiger partial charge in [-0.3, -0.25) is 0 Å². The number of aliphatic hydroxyl groups is 2. The second-order valence-electron chi connectivity index (χ2n) is 11.9. The lowest BCUT2D eigenvalue weighted by Gasteiger charge is -2.44. The van der Waals surface area contributed by atoms with Crippen LogP contribution in [0.3, 0.4) is 0 Å².